The highest BCUT2D eigenvalue weighted by molar-refractivity contribution is 5.76. The highest BCUT2D eigenvalue weighted by Gasteiger charge is 2.46. The molecule has 2 fully saturated rings. The topological polar surface area (TPSA) is 48.1 Å². The first-order chi connectivity index (χ1) is 14.2. The maximum atomic E-state index is 12.4. The van der Waals surface area contributed by atoms with Gasteiger partial charge in [-0.25, -0.2) is 0 Å². The summed E-state index contributed by atoms with van der Waals surface area (Å²) in [4.78, 5) is 12.4. The molecule has 0 radical (unpaired) electrons. The van der Waals surface area contributed by atoms with Gasteiger partial charge in [0.05, 0.1) is 24.7 Å². The summed E-state index contributed by atoms with van der Waals surface area (Å²) in [5.74, 6) is 1.34. The van der Waals surface area contributed by atoms with E-state index in [1.807, 2.05) is 36.4 Å². The van der Waals surface area contributed by atoms with E-state index in [0.717, 1.165) is 49.2 Å². The van der Waals surface area contributed by atoms with Gasteiger partial charge in [-0.2, -0.15) is 0 Å². The lowest BCUT2D eigenvalue weighted by Crippen LogP contribution is -2.25. The van der Waals surface area contributed by atoms with Crippen molar-refractivity contribution in [2.75, 3.05) is 6.61 Å². The van der Waals surface area contributed by atoms with Gasteiger partial charge in [0.25, 0.3) is 0 Å². The third-order valence-electron chi connectivity index (χ3n) is 5.86. The summed E-state index contributed by atoms with van der Waals surface area (Å²) in [6, 6.07) is 15.9. The van der Waals surface area contributed by atoms with E-state index in [4.69, 9.17) is 14.2 Å². The molecule has 1 saturated carbocycles. The maximum Gasteiger partial charge on any atom is 0.314 e. The van der Waals surface area contributed by atoms with Crippen molar-refractivity contribution in [3.63, 3.8) is 0 Å². The first-order valence-electron chi connectivity index (χ1n) is 10.9. The van der Waals surface area contributed by atoms with E-state index in [1.165, 1.54) is 19.3 Å². The monoisotopic (exact) mass is 394 g/mol. The molecule has 3 unspecified atom stereocenters. The van der Waals surface area contributed by atoms with Gasteiger partial charge in [-0.1, -0.05) is 50.5 Å². The standard InChI is InChI=1S/C25H30O4/c1-2-3-4-5-16-27-21-11-6-18(7-12-21)19-8-13-22(14-9-19)28-25(26)20-10-15-23-24(17-20)29-23/h6-9,11-14,20,23-24H,2-5,10,15-17H2,1H3. The van der Waals surface area contributed by atoms with Crippen molar-refractivity contribution in [3.05, 3.63) is 48.5 Å². The number of benzene rings is 2. The number of fused-ring (bicyclic) bond motifs is 1. The molecular formula is C25H30O4. The van der Waals surface area contributed by atoms with Crippen LogP contribution in [0, 0.1) is 5.92 Å². The molecule has 2 aliphatic rings. The van der Waals surface area contributed by atoms with Crippen molar-refractivity contribution in [1.82, 2.24) is 0 Å². The van der Waals surface area contributed by atoms with Crippen LogP contribution in [-0.2, 0) is 9.53 Å². The van der Waals surface area contributed by atoms with Crippen LogP contribution in [0.4, 0.5) is 0 Å². The molecule has 0 bridgehead atoms. The minimum atomic E-state index is -0.132. The molecule has 1 aliphatic carbocycles. The lowest BCUT2D eigenvalue weighted by atomic mass is 9.89. The van der Waals surface area contributed by atoms with E-state index in [1.54, 1.807) is 0 Å². The Kier molecular flexibility index (Phi) is 6.50. The molecular weight excluding hydrogens is 364 g/mol. The van der Waals surface area contributed by atoms with Gasteiger partial charge in [-0.3, -0.25) is 4.79 Å². The molecule has 4 rings (SSSR count). The Bertz CT molecular complexity index is 797. The van der Waals surface area contributed by atoms with E-state index < -0.39 is 0 Å². The van der Waals surface area contributed by atoms with Gasteiger partial charge in [0, 0.05) is 0 Å². The average Bonchev–Trinajstić information content (AvgIpc) is 3.53. The predicted molar refractivity (Wildman–Crippen MR) is 113 cm³/mol. The van der Waals surface area contributed by atoms with E-state index in [9.17, 15) is 4.79 Å². The lowest BCUT2D eigenvalue weighted by molar-refractivity contribution is -0.139. The van der Waals surface area contributed by atoms with E-state index in [0.29, 0.717) is 11.9 Å². The Balaban J connectivity index is 1.27. The zero-order chi connectivity index (χ0) is 20.1. The van der Waals surface area contributed by atoms with Crippen LogP contribution in [0.15, 0.2) is 48.5 Å². The molecule has 4 heteroatoms. The van der Waals surface area contributed by atoms with Gasteiger partial charge >= 0.3 is 5.97 Å². The highest BCUT2D eigenvalue weighted by atomic mass is 16.6. The molecule has 2 aromatic carbocycles. The van der Waals surface area contributed by atoms with Crippen LogP contribution in [0.25, 0.3) is 11.1 Å². The van der Waals surface area contributed by atoms with Crippen molar-refractivity contribution < 1.29 is 19.0 Å². The maximum absolute atomic E-state index is 12.4. The summed E-state index contributed by atoms with van der Waals surface area (Å²) < 4.78 is 16.9. The first kappa shape index (κ1) is 20.0. The molecule has 0 N–H and O–H groups in total. The Morgan fingerprint density at radius 2 is 1.59 bits per heavy atom. The van der Waals surface area contributed by atoms with Crippen LogP contribution in [0.2, 0.25) is 0 Å². The first-order valence-corrected chi connectivity index (χ1v) is 10.9. The molecule has 154 valence electrons. The second kappa shape index (κ2) is 9.45. The minimum Gasteiger partial charge on any atom is -0.494 e. The summed E-state index contributed by atoms with van der Waals surface area (Å²) in [6.45, 7) is 2.98. The molecule has 0 aromatic heterocycles. The molecule has 1 heterocycles. The van der Waals surface area contributed by atoms with Gasteiger partial charge in [-0.05, 0) is 61.1 Å². The second-order valence-corrected chi connectivity index (χ2v) is 8.10. The molecule has 0 amide bonds. The number of epoxide rings is 1. The average molecular weight is 395 g/mol. The van der Waals surface area contributed by atoms with Gasteiger partial charge in [0.2, 0.25) is 0 Å². The Labute approximate surface area is 173 Å². The highest BCUT2D eigenvalue weighted by Crippen LogP contribution is 2.40. The number of ether oxygens (including phenoxy) is 3. The SMILES string of the molecule is CCCCCCOc1ccc(-c2ccc(OC(=O)C3CCC4OC4C3)cc2)cc1. The third-order valence-corrected chi connectivity index (χ3v) is 5.86. The van der Waals surface area contributed by atoms with Crippen molar-refractivity contribution >= 4 is 5.97 Å². The van der Waals surface area contributed by atoms with E-state index >= 15 is 0 Å². The number of rotatable bonds is 9. The van der Waals surface area contributed by atoms with Crippen LogP contribution in [0.1, 0.15) is 51.9 Å². The number of esters is 1. The third kappa shape index (κ3) is 5.39. The van der Waals surface area contributed by atoms with Crippen LogP contribution in [-0.4, -0.2) is 24.8 Å². The number of hydrogen-bond donors (Lipinski definition) is 0. The van der Waals surface area contributed by atoms with Crippen molar-refractivity contribution in [2.24, 2.45) is 5.92 Å². The molecule has 1 saturated heterocycles. The molecule has 1 aliphatic heterocycles. The van der Waals surface area contributed by atoms with Gasteiger partial charge in [0.1, 0.15) is 11.5 Å². The molecule has 3 atom stereocenters. The quantitative estimate of drug-likeness (QED) is 0.234. The molecule has 29 heavy (non-hydrogen) atoms. The largest absolute Gasteiger partial charge is 0.494 e. The van der Waals surface area contributed by atoms with Crippen LogP contribution >= 0.6 is 0 Å². The fraction of sp³-hybridized carbons (Fsp3) is 0.480. The number of unbranched alkanes of at least 4 members (excludes halogenated alkanes) is 3. The molecule has 2 aromatic rings. The van der Waals surface area contributed by atoms with Gasteiger partial charge in [-0.15, -0.1) is 0 Å². The fourth-order valence-corrected chi connectivity index (χ4v) is 4.00. The van der Waals surface area contributed by atoms with E-state index in [-0.39, 0.29) is 18.0 Å². The Morgan fingerprint density at radius 1 is 0.897 bits per heavy atom. The van der Waals surface area contributed by atoms with Crippen LogP contribution < -0.4 is 9.47 Å². The normalized spacial score (nSPS) is 22.6. The second-order valence-electron chi connectivity index (χ2n) is 8.10. The Hall–Kier alpha value is -2.33. The van der Waals surface area contributed by atoms with Crippen LogP contribution in [0.5, 0.6) is 11.5 Å². The lowest BCUT2D eigenvalue weighted by Gasteiger charge is -2.17. The van der Waals surface area contributed by atoms with Gasteiger partial charge < -0.3 is 14.2 Å². The van der Waals surface area contributed by atoms with Gasteiger partial charge in [0.15, 0.2) is 0 Å². The summed E-state index contributed by atoms with van der Waals surface area (Å²) >= 11 is 0. The van der Waals surface area contributed by atoms with Crippen molar-refractivity contribution in [3.8, 4) is 22.6 Å². The van der Waals surface area contributed by atoms with Crippen molar-refractivity contribution in [1.29, 1.82) is 0 Å². The predicted octanol–water partition coefficient (Wildman–Crippen LogP) is 5.79. The number of carbonyl (C=O) groups is 1. The summed E-state index contributed by atoms with van der Waals surface area (Å²) in [5, 5.41) is 0. The zero-order valence-electron chi connectivity index (χ0n) is 17.1. The smallest absolute Gasteiger partial charge is 0.314 e. The molecule has 4 nitrogen and oxygen atoms in total. The summed E-state index contributed by atoms with van der Waals surface area (Å²) in [6.07, 6.45) is 8.16. The number of carbonyl (C=O) groups excluding carboxylic acids is 1. The Morgan fingerprint density at radius 3 is 2.24 bits per heavy atom. The van der Waals surface area contributed by atoms with E-state index in [2.05, 4.69) is 19.1 Å². The zero-order valence-corrected chi connectivity index (χ0v) is 17.1. The van der Waals surface area contributed by atoms with Crippen LogP contribution in [0.3, 0.4) is 0 Å². The number of hydrogen-bond acceptors (Lipinski definition) is 4. The van der Waals surface area contributed by atoms with Crippen molar-refractivity contribution in [2.45, 2.75) is 64.1 Å². The molecule has 0 spiro atoms. The fourth-order valence-electron chi connectivity index (χ4n) is 4.00. The summed E-state index contributed by atoms with van der Waals surface area (Å²) in [7, 11) is 0. The minimum absolute atomic E-state index is 0.0343. The summed E-state index contributed by atoms with van der Waals surface area (Å²) in [5.41, 5.74) is 2.21.